The summed E-state index contributed by atoms with van der Waals surface area (Å²) >= 11 is 0. The number of carbonyl (C=O) groups is 1. The molecule has 0 spiro atoms. The molecular weight excluding hydrogens is 410 g/mol. The highest BCUT2D eigenvalue weighted by atomic mass is 16.3. The Kier molecular flexibility index (Phi) is 5.43. The zero-order chi connectivity index (χ0) is 22.6. The maximum absolute atomic E-state index is 12.5. The minimum atomic E-state index is -0.475. The van der Waals surface area contributed by atoms with Crippen LogP contribution in [-0.2, 0) is 0 Å². The van der Waals surface area contributed by atoms with E-state index in [1.165, 1.54) is 6.07 Å². The van der Waals surface area contributed by atoms with Gasteiger partial charge in [-0.3, -0.25) is 4.79 Å². The number of carbonyl (C=O) groups excluding carboxylic acids is 1. The van der Waals surface area contributed by atoms with Gasteiger partial charge in [0.15, 0.2) is 0 Å². The van der Waals surface area contributed by atoms with Gasteiger partial charge in [-0.1, -0.05) is 78.9 Å². The van der Waals surface area contributed by atoms with E-state index < -0.39 is 5.91 Å². The molecule has 160 valence electrons. The lowest BCUT2D eigenvalue weighted by Crippen LogP contribution is -2.17. The summed E-state index contributed by atoms with van der Waals surface area (Å²) in [4.78, 5) is 12.5. The van der Waals surface area contributed by atoms with Gasteiger partial charge in [-0.05, 0) is 35.9 Å². The van der Waals surface area contributed by atoms with Crippen LogP contribution in [0.1, 0.15) is 15.9 Å². The van der Waals surface area contributed by atoms with E-state index in [1.54, 1.807) is 24.4 Å². The van der Waals surface area contributed by atoms with Gasteiger partial charge in [0, 0.05) is 16.6 Å². The molecule has 0 bridgehead atoms. The highest BCUT2D eigenvalue weighted by Crippen LogP contribution is 2.35. The average molecular weight is 431 g/mol. The van der Waals surface area contributed by atoms with E-state index in [1.807, 2.05) is 54.6 Å². The zero-order valence-electron chi connectivity index (χ0n) is 17.7. The van der Waals surface area contributed by atoms with Gasteiger partial charge in [-0.25, -0.2) is 5.43 Å². The van der Waals surface area contributed by atoms with Crippen molar-refractivity contribution in [1.29, 1.82) is 0 Å². The van der Waals surface area contributed by atoms with E-state index in [2.05, 4.69) is 45.4 Å². The van der Waals surface area contributed by atoms with Crippen LogP contribution in [0.4, 0.5) is 0 Å². The van der Waals surface area contributed by atoms with Crippen LogP contribution < -0.4 is 5.43 Å². The van der Waals surface area contributed by atoms with Crippen LogP contribution in [0.2, 0.25) is 0 Å². The molecule has 5 rings (SSSR count). The molecule has 0 unspecified atom stereocenters. The third-order valence-electron chi connectivity index (χ3n) is 5.48. The number of aromatic hydroxyl groups is 1. The van der Waals surface area contributed by atoms with Gasteiger partial charge < -0.3 is 9.67 Å². The lowest BCUT2D eigenvalue weighted by atomic mass is 10.1. The molecule has 0 atom stereocenters. The van der Waals surface area contributed by atoms with Gasteiger partial charge in [0.25, 0.3) is 5.91 Å². The molecule has 5 heteroatoms. The van der Waals surface area contributed by atoms with Crippen molar-refractivity contribution in [1.82, 2.24) is 9.99 Å². The number of hydrazone groups is 1. The lowest BCUT2D eigenvalue weighted by molar-refractivity contribution is 0.0952. The number of fused-ring (bicyclic) bond motifs is 1. The van der Waals surface area contributed by atoms with E-state index >= 15 is 0 Å². The number of amides is 1. The molecular formula is C28H21N3O2. The summed E-state index contributed by atoms with van der Waals surface area (Å²) in [6.45, 7) is 0. The third-order valence-corrected chi connectivity index (χ3v) is 5.48. The molecule has 0 aliphatic rings. The number of para-hydroxylation sites is 3. The predicted molar refractivity (Wildman–Crippen MR) is 132 cm³/mol. The molecule has 0 aliphatic carbocycles. The first-order chi connectivity index (χ1) is 16.2. The summed E-state index contributed by atoms with van der Waals surface area (Å²) in [6, 6.07) is 34.8. The largest absolute Gasteiger partial charge is 0.507 e. The number of nitrogens with one attached hydrogen (secondary N) is 1. The smallest absolute Gasteiger partial charge is 0.275 e. The molecule has 5 nitrogen and oxygen atoms in total. The maximum Gasteiger partial charge on any atom is 0.275 e. The van der Waals surface area contributed by atoms with Gasteiger partial charge in [-0.2, -0.15) is 5.10 Å². The normalized spacial score (nSPS) is 11.2. The molecule has 1 amide bonds. The average Bonchev–Trinajstić information content (AvgIpc) is 3.19. The predicted octanol–water partition coefficient (Wildman–Crippen LogP) is 5.77. The van der Waals surface area contributed by atoms with Crippen molar-refractivity contribution in [3.63, 3.8) is 0 Å². The van der Waals surface area contributed by atoms with Crippen molar-refractivity contribution in [3.05, 3.63) is 120 Å². The Labute approximate surface area is 191 Å². The maximum atomic E-state index is 12.5. The molecule has 0 fully saturated rings. The number of hydrogen-bond donors (Lipinski definition) is 2. The number of phenols is 1. The van der Waals surface area contributed by atoms with Crippen molar-refractivity contribution >= 4 is 23.0 Å². The second-order valence-electron chi connectivity index (χ2n) is 7.53. The molecule has 33 heavy (non-hydrogen) atoms. The van der Waals surface area contributed by atoms with Crippen molar-refractivity contribution < 1.29 is 9.90 Å². The lowest BCUT2D eigenvalue weighted by Gasteiger charge is -2.12. The summed E-state index contributed by atoms with van der Waals surface area (Å²) in [6.07, 6.45) is 1.67. The summed E-state index contributed by atoms with van der Waals surface area (Å²) in [5.41, 5.74) is 7.68. The van der Waals surface area contributed by atoms with Gasteiger partial charge in [0.1, 0.15) is 5.75 Å². The molecule has 0 radical (unpaired) electrons. The van der Waals surface area contributed by atoms with Crippen molar-refractivity contribution in [2.45, 2.75) is 0 Å². The van der Waals surface area contributed by atoms with Crippen LogP contribution in [0.15, 0.2) is 114 Å². The number of rotatable bonds is 5. The molecule has 1 heterocycles. The Balaban J connectivity index is 1.65. The Hall–Kier alpha value is -4.64. The van der Waals surface area contributed by atoms with Crippen LogP contribution in [-0.4, -0.2) is 21.8 Å². The molecule has 0 saturated heterocycles. The van der Waals surface area contributed by atoms with Gasteiger partial charge >= 0.3 is 0 Å². The molecule has 0 aliphatic heterocycles. The molecule has 4 aromatic carbocycles. The Morgan fingerprint density at radius 3 is 2.18 bits per heavy atom. The van der Waals surface area contributed by atoms with Crippen LogP contribution in [0.25, 0.3) is 27.8 Å². The van der Waals surface area contributed by atoms with Gasteiger partial charge in [0.2, 0.25) is 0 Å². The number of aromatic nitrogens is 1. The summed E-state index contributed by atoms with van der Waals surface area (Å²) < 4.78 is 2.21. The Morgan fingerprint density at radius 2 is 1.42 bits per heavy atom. The first kappa shape index (κ1) is 20.3. The van der Waals surface area contributed by atoms with Crippen molar-refractivity contribution in [3.8, 4) is 22.7 Å². The molecule has 5 aromatic rings. The first-order valence-electron chi connectivity index (χ1n) is 10.6. The van der Waals surface area contributed by atoms with Crippen LogP contribution in [0, 0.1) is 0 Å². The second kappa shape index (κ2) is 8.85. The fourth-order valence-corrected chi connectivity index (χ4v) is 4.00. The number of nitrogens with zero attached hydrogens (tertiary/aromatic N) is 2. The monoisotopic (exact) mass is 431 g/mol. The summed E-state index contributed by atoms with van der Waals surface area (Å²) in [5.74, 6) is -0.562. The Bertz CT molecular complexity index is 1460. The summed E-state index contributed by atoms with van der Waals surface area (Å²) in [5, 5.41) is 15.2. The van der Waals surface area contributed by atoms with Crippen molar-refractivity contribution in [2.24, 2.45) is 5.10 Å². The van der Waals surface area contributed by atoms with E-state index in [4.69, 9.17) is 0 Å². The number of hydrogen-bond acceptors (Lipinski definition) is 3. The minimum absolute atomic E-state index is 0.0872. The molecule has 1 aromatic heterocycles. The number of phenolic OH excluding ortho intramolecular Hbond substituents is 1. The number of benzene rings is 4. The quantitative estimate of drug-likeness (QED) is 0.274. The third kappa shape index (κ3) is 3.88. The van der Waals surface area contributed by atoms with E-state index in [0.29, 0.717) is 0 Å². The molecule has 2 N–H and O–H groups in total. The first-order valence-corrected chi connectivity index (χ1v) is 10.6. The highest BCUT2D eigenvalue weighted by Gasteiger charge is 2.18. The van der Waals surface area contributed by atoms with Crippen molar-refractivity contribution in [2.75, 3.05) is 0 Å². The molecule has 0 saturated carbocycles. The van der Waals surface area contributed by atoms with Crippen LogP contribution in [0.3, 0.4) is 0 Å². The Morgan fingerprint density at radius 1 is 0.788 bits per heavy atom. The standard InChI is InChI=1S/C28H21N3O2/c32-26-18-10-8-16-23(26)28(33)30-29-19-24-22-15-7-9-17-25(22)31(21-13-5-2-6-14-21)27(24)20-11-3-1-4-12-20/h1-19,32H,(H,30,33). The van der Waals surface area contributed by atoms with Gasteiger partial charge in [-0.15, -0.1) is 0 Å². The topological polar surface area (TPSA) is 66.6 Å². The van der Waals surface area contributed by atoms with Gasteiger partial charge in [0.05, 0.1) is 23.0 Å². The second-order valence-corrected chi connectivity index (χ2v) is 7.53. The van der Waals surface area contributed by atoms with Crippen LogP contribution in [0.5, 0.6) is 5.75 Å². The zero-order valence-corrected chi connectivity index (χ0v) is 17.7. The van der Waals surface area contributed by atoms with E-state index in [-0.39, 0.29) is 11.3 Å². The fourth-order valence-electron chi connectivity index (χ4n) is 4.00. The highest BCUT2D eigenvalue weighted by molar-refractivity contribution is 6.08. The minimum Gasteiger partial charge on any atom is -0.507 e. The summed E-state index contributed by atoms with van der Waals surface area (Å²) in [7, 11) is 0. The van der Waals surface area contributed by atoms with E-state index in [0.717, 1.165) is 33.4 Å². The SMILES string of the molecule is O=C(NN=Cc1c(-c2ccccc2)n(-c2ccccc2)c2ccccc12)c1ccccc1O. The van der Waals surface area contributed by atoms with Crippen LogP contribution >= 0.6 is 0 Å². The van der Waals surface area contributed by atoms with E-state index in [9.17, 15) is 9.90 Å². The fraction of sp³-hybridized carbons (Fsp3) is 0.